The average molecular weight is 600 g/mol. The van der Waals surface area contributed by atoms with Gasteiger partial charge in [-0.3, -0.25) is 9.59 Å². The molecule has 0 unspecified atom stereocenters. The molecule has 1 saturated heterocycles. The highest BCUT2D eigenvalue weighted by Crippen LogP contribution is 2.42. The van der Waals surface area contributed by atoms with Gasteiger partial charge in [0.05, 0.1) is 22.7 Å². The van der Waals surface area contributed by atoms with E-state index in [9.17, 15) is 14.7 Å². The van der Waals surface area contributed by atoms with E-state index in [2.05, 4.69) is 38.1 Å². The number of nitrogens with zero attached hydrogens (tertiary/aromatic N) is 2. The van der Waals surface area contributed by atoms with Gasteiger partial charge in [0.15, 0.2) is 5.78 Å². The molecule has 7 heteroatoms. The molecule has 3 rings (SSSR count). The molecule has 1 aliphatic rings. The summed E-state index contributed by atoms with van der Waals surface area (Å²) in [5.74, 6) is 0.974. The van der Waals surface area contributed by atoms with Crippen LogP contribution < -0.4 is 0 Å². The molecular formula is C32H43BrN2O4. The zero-order chi connectivity index (χ0) is 29.1. The SMILES string of the molecule is CCC[C@H]1CN(CC(=O)c2cc(C(C)(C)C)c(O)c(C(C)(C)C)c2)C(=NBr)[C@@H]1c1ccccc1COC(C)=O. The largest absolute Gasteiger partial charge is 0.507 e. The fourth-order valence-corrected chi connectivity index (χ4v) is 5.96. The minimum absolute atomic E-state index is 0.0104. The van der Waals surface area contributed by atoms with Crippen molar-refractivity contribution in [3.05, 3.63) is 64.2 Å². The van der Waals surface area contributed by atoms with Crippen LogP contribution in [0.2, 0.25) is 0 Å². The second-order valence-corrected chi connectivity index (χ2v) is 13.0. The molecule has 2 atom stereocenters. The Labute approximate surface area is 242 Å². The van der Waals surface area contributed by atoms with Crippen LogP contribution in [0.15, 0.2) is 40.4 Å². The predicted octanol–water partition coefficient (Wildman–Crippen LogP) is 7.46. The summed E-state index contributed by atoms with van der Waals surface area (Å²) < 4.78 is 9.87. The van der Waals surface area contributed by atoms with Gasteiger partial charge in [-0.2, -0.15) is 4.02 Å². The summed E-state index contributed by atoms with van der Waals surface area (Å²) in [6.07, 6.45) is 1.98. The Kier molecular flexibility index (Phi) is 9.69. The fourth-order valence-electron chi connectivity index (χ4n) is 5.51. The molecular weight excluding hydrogens is 556 g/mol. The van der Waals surface area contributed by atoms with E-state index in [0.717, 1.165) is 40.9 Å². The molecule has 1 heterocycles. The van der Waals surface area contributed by atoms with Crippen LogP contribution in [-0.2, 0) is 27.0 Å². The predicted molar refractivity (Wildman–Crippen MR) is 161 cm³/mol. The van der Waals surface area contributed by atoms with Gasteiger partial charge in [-0.1, -0.05) is 79.2 Å². The maximum absolute atomic E-state index is 13.8. The minimum atomic E-state index is -0.320. The molecule has 0 aromatic heterocycles. The number of rotatable bonds is 8. The lowest BCUT2D eigenvalue weighted by atomic mass is 9.78. The first kappa shape index (κ1) is 30.9. The number of esters is 1. The van der Waals surface area contributed by atoms with Crippen LogP contribution >= 0.6 is 16.1 Å². The van der Waals surface area contributed by atoms with Gasteiger partial charge in [0, 0.05) is 36.1 Å². The molecule has 0 bridgehead atoms. The van der Waals surface area contributed by atoms with Crippen LogP contribution in [0, 0.1) is 5.92 Å². The topological polar surface area (TPSA) is 79.2 Å². The van der Waals surface area contributed by atoms with Gasteiger partial charge < -0.3 is 14.7 Å². The zero-order valence-electron chi connectivity index (χ0n) is 24.6. The van der Waals surface area contributed by atoms with Gasteiger partial charge in [0.25, 0.3) is 0 Å². The quantitative estimate of drug-likeness (QED) is 0.252. The van der Waals surface area contributed by atoms with E-state index in [1.54, 1.807) is 0 Å². The van der Waals surface area contributed by atoms with Crippen LogP contribution in [0.1, 0.15) is 107 Å². The molecule has 6 nitrogen and oxygen atoms in total. The number of Topliss-reactive ketones (excluding diaryl/α,β-unsaturated/α-hetero) is 1. The van der Waals surface area contributed by atoms with Gasteiger partial charge >= 0.3 is 5.97 Å². The first-order chi connectivity index (χ1) is 18.2. The summed E-state index contributed by atoms with van der Waals surface area (Å²) in [6, 6.07) is 11.7. The van der Waals surface area contributed by atoms with Gasteiger partial charge in [-0.15, -0.1) is 0 Å². The van der Waals surface area contributed by atoms with Crippen LogP contribution in [0.3, 0.4) is 0 Å². The van der Waals surface area contributed by atoms with Crippen molar-refractivity contribution in [2.24, 2.45) is 9.94 Å². The zero-order valence-corrected chi connectivity index (χ0v) is 26.2. The number of phenols is 1. The smallest absolute Gasteiger partial charge is 0.302 e. The van der Waals surface area contributed by atoms with Crippen LogP contribution in [-0.4, -0.2) is 40.7 Å². The summed E-state index contributed by atoms with van der Waals surface area (Å²) in [4.78, 5) is 27.4. The van der Waals surface area contributed by atoms with Crippen molar-refractivity contribution < 1.29 is 19.4 Å². The monoisotopic (exact) mass is 598 g/mol. The Bertz CT molecular complexity index is 1200. The minimum Gasteiger partial charge on any atom is -0.507 e. The van der Waals surface area contributed by atoms with E-state index >= 15 is 0 Å². The highest BCUT2D eigenvalue weighted by molar-refractivity contribution is 9.08. The number of aromatic hydroxyl groups is 1. The summed E-state index contributed by atoms with van der Waals surface area (Å²) >= 11 is 3.37. The lowest BCUT2D eigenvalue weighted by Crippen LogP contribution is -2.33. The van der Waals surface area contributed by atoms with Crippen molar-refractivity contribution in [2.45, 2.75) is 91.6 Å². The van der Waals surface area contributed by atoms with Crippen LogP contribution in [0.5, 0.6) is 5.75 Å². The number of halogens is 1. The lowest BCUT2D eigenvalue weighted by Gasteiger charge is -2.28. The number of carbonyl (C=O) groups is 2. The first-order valence-corrected chi connectivity index (χ1v) is 14.5. The molecule has 2 aromatic rings. The maximum atomic E-state index is 13.8. The second kappa shape index (κ2) is 12.2. The molecule has 0 radical (unpaired) electrons. The molecule has 212 valence electrons. The van der Waals surface area contributed by atoms with Gasteiger partial charge in [0.2, 0.25) is 0 Å². The lowest BCUT2D eigenvalue weighted by molar-refractivity contribution is -0.142. The molecule has 2 aromatic carbocycles. The molecule has 0 aliphatic carbocycles. The Morgan fingerprint density at radius 3 is 2.18 bits per heavy atom. The Hall–Kier alpha value is -2.67. The third-order valence-corrected chi connectivity index (χ3v) is 7.84. The van der Waals surface area contributed by atoms with Crippen molar-refractivity contribution in [3.63, 3.8) is 0 Å². The number of carbonyl (C=O) groups excluding carboxylic acids is 2. The average Bonchev–Trinajstić information content (AvgIpc) is 3.18. The van der Waals surface area contributed by atoms with Crippen molar-refractivity contribution in [2.75, 3.05) is 13.1 Å². The summed E-state index contributed by atoms with van der Waals surface area (Å²) in [6.45, 7) is 17.0. The first-order valence-electron chi connectivity index (χ1n) is 13.7. The number of hydrogen-bond acceptors (Lipinski definition) is 5. The maximum Gasteiger partial charge on any atom is 0.302 e. The Morgan fingerprint density at radius 1 is 1.08 bits per heavy atom. The van der Waals surface area contributed by atoms with E-state index in [-0.39, 0.29) is 53.3 Å². The number of ether oxygens (including phenoxy) is 1. The van der Waals surface area contributed by atoms with Crippen LogP contribution in [0.4, 0.5) is 0 Å². The molecule has 1 N–H and O–H groups in total. The highest BCUT2D eigenvalue weighted by Gasteiger charge is 2.41. The summed E-state index contributed by atoms with van der Waals surface area (Å²) in [5.41, 5.74) is 3.52. The number of amidine groups is 1. The fraction of sp³-hybridized carbons (Fsp3) is 0.531. The number of likely N-dealkylation sites (tertiary alicyclic amines) is 1. The molecule has 0 spiro atoms. The van der Waals surface area contributed by atoms with Crippen molar-refractivity contribution in [1.82, 2.24) is 4.90 Å². The van der Waals surface area contributed by atoms with E-state index in [1.165, 1.54) is 6.92 Å². The Balaban J connectivity index is 2.00. The number of benzene rings is 2. The molecule has 1 fully saturated rings. The second-order valence-electron chi connectivity index (χ2n) is 12.7. The van der Waals surface area contributed by atoms with E-state index in [1.807, 2.05) is 71.9 Å². The third-order valence-electron chi connectivity index (χ3n) is 7.48. The molecule has 0 amide bonds. The van der Waals surface area contributed by atoms with Gasteiger partial charge in [0.1, 0.15) is 18.2 Å². The van der Waals surface area contributed by atoms with Gasteiger partial charge in [-0.05, 0) is 46.4 Å². The molecule has 0 saturated carbocycles. The highest BCUT2D eigenvalue weighted by atomic mass is 79.9. The third kappa shape index (κ3) is 7.10. The number of ketones is 1. The van der Waals surface area contributed by atoms with E-state index in [4.69, 9.17) is 4.74 Å². The molecule has 39 heavy (non-hydrogen) atoms. The van der Waals surface area contributed by atoms with Crippen molar-refractivity contribution in [1.29, 1.82) is 0 Å². The van der Waals surface area contributed by atoms with Crippen molar-refractivity contribution in [3.8, 4) is 5.75 Å². The summed E-state index contributed by atoms with van der Waals surface area (Å²) in [7, 11) is 0. The van der Waals surface area contributed by atoms with E-state index in [0.29, 0.717) is 12.1 Å². The number of phenolic OH excluding ortho intramolecular Hbond substituents is 1. The van der Waals surface area contributed by atoms with E-state index < -0.39 is 0 Å². The molecule has 1 aliphatic heterocycles. The Morgan fingerprint density at radius 2 is 1.67 bits per heavy atom. The van der Waals surface area contributed by atoms with Crippen LogP contribution in [0.25, 0.3) is 0 Å². The standard InChI is InChI=1S/C32H43BrN2O4/c1-9-12-21-17-35(30(34-33)28(21)24-14-11-10-13-22(24)19-39-20(2)36)18-27(37)23-15-25(31(3,4)5)29(38)26(16-23)32(6,7)8/h10-11,13-16,21,28,38H,9,12,17-19H2,1-8H3/t21-,28-/m0/s1. The number of hydrogen-bond donors (Lipinski definition) is 1. The van der Waals surface area contributed by atoms with Crippen molar-refractivity contribution >= 4 is 33.7 Å². The summed E-state index contributed by atoms with van der Waals surface area (Å²) in [5, 5.41) is 11.1. The van der Waals surface area contributed by atoms with Gasteiger partial charge in [-0.25, -0.2) is 0 Å². The normalized spacial score (nSPS) is 19.0.